The zero-order chi connectivity index (χ0) is 14.8. The molecule has 0 spiro atoms. The van der Waals surface area contributed by atoms with Crippen LogP contribution in [0.25, 0.3) is 0 Å². The second-order valence-electron chi connectivity index (χ2n) is 6.04. The Morgan fingerprint density at radius 1 is 1.10 bits per heavy atom. The van der Waals surface area contributed by atoms with E-state index in [4.69, 9.17) is 5.73 Å². The zero-order valence-corrected chi connectivity index (χ0v) is 13.5. The highest BCUT2D eigenvalue weighted by molar-refractivity contribution is 5.14. The van der Waals surface area contributed by atoms with Crippen molar-refractivity contribution in [3.05, 3.63) is 35.9 Å². The summed E-state index contributed by atoms with van der Waals surface area (Å²) in [5.74, 6) is 0.811. The lowest BCUT2D eigenvalue weighted by atomic mass is 9.96. The third-order valence-electron chi connectivity index (χ3n) is 4.17. The monoisotopic (exact) mass is 276 g/mol. The molecule has 1 aromatic rings. The van der Waals surface area contributed by atoms with Gasteiger partial charge in [0.2, 0.25) is 0 Å². The third kappa shape index (κ3) is 6.53. The van der Waals surface area contributed by atoms with Crippen molar-refractivity contribution in [2.24, 2.45) is 11.7 Å². The first-order valence-electron chi connectivity index (χ1n) is 8.15. The Bertz CT molecular complexity index is 335. The Morgan fingerprint density at radius 2 is 1.80 bits per heavy atom. The summed E-state index contributed by atoms with van der Waals surface area (Å²) in [4.78, 5) is 2.57. The number of hydrogen-bond acceptors (Lipinski definition) is 2. The van der Waals surface area contributed by atoms with Crippen LogP contribution in [0.1, 0.15) is 52.0 Å². The lowest BCUT2D eigenvalue weighted by Crippen LogP contribution is -2.31. The zero-order valence-electron chi connectivity index (χ0n) is 13.5. The molecule has 1 rings (SSSR count). The highest BCUT2D eigenvalue weighted by Crippen LogP contribution is 2.16. The van der Waals surface area contributed by atoms with Crippen LogP contribution in [0.2, 0.25) is 0 Å². The van der Waals surface area contributed by atoms with Crippen LogP contribution in [0.15, 0.2) is 30.3 Å². The molecule has 0 heterocycles. The highest BCUT2D eigenvalue weighted by Gasteiger charge is 2.11. The molecule has 1 unspecified atom stereocenters. The van der Waals surface area contributed by atoms with Gasteiger partial charge in [-0.05, 0) is 57.7 Å². The van der Waals surface area contributed by atoms with E-state index < -0.39 is 0 Å². The quantitative estimate of drug-likeness (QED) is 0.698. The Kier molecular flexibility index (Phi) is 8.56. The molecule has 2 heteroatoms. The first-order valence-corrected chi connectivity index (χ1v) is 8.15. The molecule has 0 aliphatic carbocycles. The van der Waals surface area contributed by atoms with E-state index in [1.54, 1.807) is 0 Å². The topological polar surface area (TPSA) is 29.3 Å². The van der Waals surface area contributed by atoms with Gasteiger partial charge in [0.05, 0.1) is 0 Å². The van der Waals surface area contributed by atoms with Gasteiger partial charge in [0.15, 0.2) is 0 Å². The van der Waals surface area contributed by atoms with Crippen molar-refractivity contribution in [3.8, 4) is 0 Å². The van der Waals surface area contributed by atoms with E-state index in [-0.39, 0.29) is 0 Å². The summed E-state index contributed by atoms with van der Waals surface area (Å²) >= 11 is 0. The van der Waals surface area contributed by atoms with E-state index >= 15 is 0 Å². The summed E-state index contributed by atoms with van der Waals surface area (Å²) in [6.07, 6.45) is 5.03. The molecule has 0 aliphatic rings. The minimum atomic E-state index is 0.602. The summed E-state index contributed by atoms with van der Waals surface area (Å²) in [5, 5.41) is 0. The van der Waals surface area contributed by atoms with Gasteiger partial charge in [-0.2, -0.15) is 0 Å². The van der Waals surface area contributed by atoms with E-state index in [0.29, 0.717) is 6.04 Å². The van der Waals surface area contributed by atoms with Crippen LogP contribution in [0.4, 0.5) is 0 Å². The molecule has 2 nitrogen and oxygen atoms in total. The van der Waals surface area contributed by atoms with Gasteiger partial charge in [-0.15, -0.1) is 0 Å². The second kappa shape index (κ2) is 9.95. The summed E-state index contributed by atoms with van der Waals surface area (Å²) in [6, 6.07) is 11.4. The highest BCUT2D eigenvalue weighted by atomic mass is 15.1. The molecule has 0 bridgehead atoms. The Labute approximate surface area is 125 Å². The van der Waals surface area contributed by atoms with Crippen LogP contribution in [-0.4, -0.2) is 24.0 Å². The molecule has 1 atom stereocenters. The van der Waals surface area contributed by atoms with Crippen molar-refractivity contribution in [3.63, 3.8) is 0 Å². The van der Waals surface area contributed by atoms with Gasteiger partial charge in [0.1, 0.15) is 0 Å². The third-order valence-corrected chi connectivity index (χ3v) is 4.17. The SMILES string of the molecule is CCC(CCN)CCCN(Cc1ccccc1)C(C)C. The van der Waals surface area contributed by atoms with Gasteiger partial charge >= 0.3 is 0 Å². The summed E-state index contributed by atoms with van der Waals surface area (Å²) in [5.41, 5.74) is 7.09. The van der Waals surface area contributed by atoms with Gasteiger partial charge in [-0.1, -0.05) is 43.7 Å². The largest absolute Gasteiger partial charge is 0.330 e. The predicted octanol–water partition coefficient (Wildman–Crippen LogP) is 4.05. The lowest BCUT2D eigenvalue weighted by molar-refractivity contribution is 0.202. The summed E-state index contributed by atoms with van der Waals surface area (Å²) in [6.45, 7) is 9.95. The molecule has 1 aromatic carbocycles. The van der Waals surface area contributed by atoms with Crippen LogP contribution < -0.4 is 5.73 Å². The average molecular weight is 276 g/mol. The molecular formula is C18H32N2. The van der Waals surface area contributed by atoms with Crippen LogP contribution in [0.5, 0.6) is 0 Å². The van der Waals surface area contributed by atoms with E-state index in [0.717, 1.165) is 19.0 Å². The molecule has 114 valence electrons. The molecule has 0 aliphatic heterocycles. The van der Waals surface area contributed by atoms with Gasteiger partial charge < -0.3 is 5.73 Å². The van der Waals surface area contributed by atoms with E-state index in [2.05, 4.69) is 56.0 Å². The summed E-state index contributed by atoms with van der Waals surface area (Å²) in [7, 11) is 0. The van der Waals surface area contributed by atoms with E-state index in [1.165, 1.54) is 37.8 Å². The standard InChI is InChI=1S/C18H32N2/c1-4-17(12-13-19)11-8-14-20(16(2)3)15-18-9-6-5-7-10-18/h5-7,9-10,16-17H,4,8,11-15,19H2,1-3H3. The fourth-order valence-electron chi connectivity index (χ4n) is 2.71. The van der Waals surface area contributed by atoms with Crippen molar-refractivity contribution >= 4 is 0 Å². The Hall–Kier alpha value is -0.860. The fraction of sp³-hybridized carbons (Fsp3) is 0.667. The van der Waals surface area contributed by atoms with Gasteiger partial charge in [-0.3, -0.25) is 4.90 Å². The fourth-order valence-corrected chi connectivity index (χ4v) is 2.71. The second-order valence-corrected chi connectivity index (χ2v) is 6.04. The first-order chi connectivity index (χ1) is 9.67. The molecular weight excluding hydrogens is 244 g/mol. The van der Waals surface area contributed by atoms with E-state index in [9.17, 15) is 0 Å². The van der Waals surface area contributed by atoms with Crippen molar-refractivity contribution in [1.82, 2.24) is 4.90 Å². The maximum atomic E-state index is 5.68. The molecule has 2 N–H and O–H groups in total. The molecule has 0 saturated heterocycles. The van der Waals surface area contributed by atoms with Crippen molar-refractivity contribution in [2.45, 2.75) is 59.0 Å². The first kappa shape index (κ1) is 17.2. The molecule has 0 radical (unpaired) electrons. The molecule has 0 amide bonds. The predicted molar refractivity (Wildman–Crippen MR) is 88.7 cm³/mol. The van der Waals surface area contributed by atoms with Gasteiger partial charge in [0.25, 0.3) is 0 Å². The maximum absolute atomic E-state index is 5.68. The normalized spacial score (nSPS) is 13.1. The number of nitrogens with two attached hydrogens (primary N) is 1. The van der Waals surface area contributed by atoms with Crippen LogP contribution in [0.3, 0.4) is 0 Å². The molecule has 0 saturated carbocycles. The van der Waals surface area contributed by atoms with Crippen LogP contribution in [-0.2, 0) is 6.54 Å². The van der Waals surface area contributed by atoms with Crippen molar-refractivity contribution < 1.29 is 0 Å². The molecule has 0 fully saturated rings. The molecule has 0 aromatic heterocycles. The summed E-state index contributed by atoms with van der Waals surface area (Å²) < 4.78 is 0. The molecule has 20 heavy (non-hydrogen) atoms. The van der Waals surface area contributed by atoms with Crippen molar-refractivity contribution in [2.75, 3.05) is 13.1 Å². The maximum Gasteiger partial charge on any atom is 0.0236 e. The Balaban J connectivity index is 2.39. The minimum Gasteiger partial charge on any atom is -0.330 e. The smallest absolute Gasteiger partial charge is 0.0236 e. The number of hydrogen-bond donors (Lipinski definition) is 1. The van der Waals surface area contributed by atoms with Gasteiger partial charge in [-0.25, -0.2) is 0 Å². The van der Waals surface area contributed by atoms with E-state index in [1.807, 2.05) is 0 Å². The number of rotatable bonds is 10. The number of nitrogens with zero attached hydrogens (tertiary/aromatic N) is 1. The number of benzene rings is 1. The van der Waals surface area contributed by atoms with Crippen LogP contribution in [0, 0.1) is 5.92 Å². The lowest BCUT2D eigenvalue weighted by Gasteiger charge is -2.27. The Morgan fingerprint density at radius 3 is 2.35 bits per heavy atom. The van der Waals surface area contributed by atoms with Gasteiger partial charge in [0, 0.05) is 12.6 Å². The van der Waals surface area contributed by atoms with Crippen LogP contribution >= 0.6 is 0 Å². The minimum absolute atomic E-state index is 0.602. The average Bonchev–Trinajstić information content (AvgIpc) is 2.46. The van der Waals surface area contributed by atoms with Crippen molar-refractivity contribution in [1.29, 1.82) is 0 Å².